The van der Waals surface area contributed by atoms with Gasteiger partial charge in [-0.25, -0.2) is 14.4 Å². The van der Waals surface area contributed by atoms with Crippen LogP contribution in [0.25, 0.3) is 11.5 Å². The van der Waals surface area contributed by atoms with Gasteiger partial charge in [-0.15, -0.1) is 0 Å². The monoisotopic (exact) mass is 387 g/mol. The molecule has 0 bridgehead atoms. The summed E-state index contributed by atoms with van der Waals surface area (Å²) >= 11 is 5.72. The number of rotatable bonds is 4. The first-order valence-corrected chi connectivity index (χ1v) is 8.34. The highest BCUT2D eigenvalue weighted by molar-refractivity contribution is 6.31. The van der Waals surface area contributed by atoms with Crippen molar-refractivity contribution in [1.82, 2.24) is 19.5 Å². The molecule has 1 N–H and O–H groups in total. The number of amides is 1. The summed E-state index contributed by atoms with van der Waals surface area (Å²) in [5.41, 5.74) is 1.31. The van der Waals surface area contributed by atoms with Crippen LogP contribution in [0, 0.1) is 19.7 Å². The molecule has 2 aromatic heterocycles. The molecule has 3 rings (SSSR count). The lowest BCUT2D eigenvalue weighted by molar-refractivity contribution is -0.116. The van der Waals surface area contributed by atoms with Crippen LogP contribution in [-0.2, 0) is 11.3 Å². The van der Waals surface area contributed by atoms with Crippen molar-refractivity contribution in [3.05, 3.63) is 69.2 Å². The number of hydrogen-bond acceptors (Lipinski definition) is 5. The maximum atomic E-state index is 13.2. The number of carbonyl (C=O) groups excluding carboxylic acids is 1. The topological polar surface area (TPSA) is 89.8 Å². The van der Waals surface area contributed by atoms with Crippen molar-refractivity contribution in [3.63, 3.8) is 0 Å². The lowest BCUT2D eigenvalue weighted by Gasteiger charge is -2.14. The van der Waals surface area contributed by atoms with Crippen LogP contribution in [-0.4, -0.2) is 25.4 Å². The lowest BCUT2D eigenvalue weighted by atomic mass is 10.2. The van der Waals surface area contributed by atoms with Gasteiger partial charge in [0.05, 0.1) is 11.2 Å². The van der Waals surface area contributed by atoms with Crippen molar-refractivity contribution in [2.75, 3.05) is 5.32 Å². The van der Waals surface area contributed by atoms with Gasteiger partial charge in [0.15, 0.2) is 5.82 Å². The highest BCUT2D eigenvalue weighted by Gasteiger charge is 2.17. The molecular formula is C18H15ClFN5O2. The van der Waals surface area contributed by atoms with Gasteiger partial charge in [-0.05, 0) is 32.0 Å². The molecule has 0 aliphatic rings. The Morgan fingerprint density at radius 3 is 2.74 bits per heavy atom. The quantitative estimate of drug-likeness (QED) is 0.743. The number of halogens is 2. The number of anilines is 1. The van der Waals surface area contributed by atoms with Gasteiger partial charge in [0.2, 0.25) is 5.91 Å². The Balaban J connectivity index is 1.96. The molecule has 1 amide bonds. The van der Waals surface area contributed by atoms with Crippen LogP contribution in [0.4, 0.5) is 10.1 Å². The maximum absolute atomic E-state index is 13.2. The zero-order chi connectivity index (χ0) is 19.6. The summed E-state index contributed by atoms with van der Waals surface area (Å²) < 4.78 is 14.5. The average molecular weight is 388 g/mol. The molecule has 0 unspecified atom stereocenters. The third-order valence-electron chi connectivity index (χ3n) is 3.94. The zero-order valence-corrected chi connectivity index (χ0v) is 15.3. The molecule has 2 heterocycles. The second-order valence-corrected chi connectivity index (χ2v) is 6.21. The van der Waals surface area contributed by atoms with E-state index in [0.717, 1.165) is 6.07 Å². The predicted octanol–water partition coefficient (Wildman–Crippen LogP) is 2.75. The third kappa shape index (κ3) is 4.01. The van der Waals surface area contributed by atoms with Crippen LogP contribution < -0.4 is 10.9 Å². The molecule has 3 aromatic rings. The van der Waals surface area contributed by atoms with E-state index in [-0.39, 0.29) is 23.0 Å². The summed E-state index contributed by atoms with van der Waals surface area (Å²) in [5, 5.41) is 2.47. The normalized spacial score (nSPS) is 10.7. The maximum Gasteiger partial charge on any atom is 0.257 e. The molecular weight excluding hydrogens is 373 g/mol. The number of nitrogens with one attached hydrogen (secondary N) is 1. The second kappa shape index (κ2) is 7.63. The Bertz CT molecular complexity index is 1070. The van der Waals surface area contributed by atoms with Crippen molar-refractivity contribution < 1.29 is 9.18 Å². The zero-order valence-electron chi connectivity index (χ0n) is 14.5. The van der Waals surface area contributed by atoms with E-state index in [9.17, 15) is 14.0 Å². The second-order valence-electron chi connectivity index (χ2n) is 5.80. The van der Waals surface area contributed by atoms with E-state index in [2.05, 4.69) is 20.3 Å². The number of aromatic nitrogens is 4. The summed E-state index contributed by atoms with van der Waals surface area (Å²) in [7, 11) is 0. The van der Waals surface area contributed by atoms with Crippen molar-refractivity contribution in [1.29, 1.82) is 0 Å². The first kappa shape index (κ1) is 18.7. The molecule has 0 saturated carbocycles. The molecule has 0 aliphatic heterocycles. The van der Waals surface area contributed by atoms with Crippen LogP contribution in [0.5, 0.6) is 0 Å². The Morgan fingerprint density at radius 1 is 1.30 bits per heavy atom. The van der Waals surface area contributed by atoms with Crippen LogP contribution in [0.15, 0.2) is 41.6 Å². The highest BCUT2D eigenvalue weighted by Crippen LogP contribution is 2.19. The van der Waals surface area contributed by atoms with Gasteiger partial charge in [0.1, 0.15) is 18.1 Å². The van der Waals surface area contributed by atoms with Crippen LogP contribution >= 0.6 is 11.6 Å². The molecule has 0 atom stereocenters. The molecule has 0 radical (unpaired) electrons. The van der Waals surface area contributed by atoms with Crippen molar-refractivity contribution in [3.8, 4) is 11.5 Å². The number of carbonyl (C=O) groups is 1. The standard InChI is InChI=1S/C18H15ClFN5O2/c1-10-11(2)23-17(15-8-21-5-6-22-15)25(18(10)27)9-16(26)24-12-3-4-14(20)13(19)7-12/h3-8H,9H2,1-2H3,(H,24,26). The SMILES string of the molecule is Cc1nc(-c2cnccn2)n(CC(=O)Nc2ccc(F)c(Cl)c2)c(=O)c1C. The minimum atomic E-state index is -0.589. The molecule has 138 valence electrons. The van der Waals surface area contributed by atoms with E-state index < -0.39 is 11.7 Å². The molecule has 0 aliphatic carbocycles. The molecule has 9 heteroatoms. The van der Waals surface area contributed by atoms with E-state index in [1.807, 2.05) is 0 Å². The average Bonchev–Trinajstić information content (AvgIpc) is 2.65. The van der Waals surface area contributed by atoms with Crippen LogP contribution in [0.2, 0.25) is 5.02 Å². The first-order valence-electron chi connectivity index (χ1n) is 7.96. The number of aryl methyl sites for hydroxylation is 1. The highest BCUT2D eigenvalue weighted by atomic mass is 35.5. The molecule has 1 aromatic carbocycles. The Kier molecular flexibility index (Phi) is 5.27. The van der Waals surface area contributed by atoms with Gasteiger partial charge in [-0.3, -0.25) is 19.1 Å². The van der Waals surface area contributed by atoms with Gasteiger partial charge in [-0.1, -0.05) is 11.6 Å². The Labute approximate surface area is 158 Å². The Hall–Kier alpha value is -3.13. The number of benzene rings is 1. The number of hydrogen-bond donors (Lipinski definition) is 1. The molecule has 0 spiro atoms. The summed E-state index contributed by atoms with van der Waals surface area (Å²) in [4.78, 5) is 37.7. The summed E-state index contributed by atoms with van der Waals surface area (Å²) in [6.45, 7) is 3.05. The fourth-order valence-electron chi connectivity index (χ4n) is 2.43. The summed E-state index contributed by atoms with van der Waals surface area (Å²) in [6.07, 6.45) is 4.43. The fourth-order valence-corrected chi connectivity index (χ4v) is 2.61. The van der Waals surface area contributed by atoms with Gasteiger partial charge in [0, 0.05) is 29.3 Å². The van der Waals surface area contributed by atoms with Gasteiger partial charge in [0.25, 0.3) is 5.56 Å². The van der Waals surface area contributed by atoms with Crippen molar-refractivity contribution in [2.24, 2.45) is 0 Å². The lowest BCUT2D eigenvalue weighted by Crippen LogP contribution is -2.32. The van der Waals surface area contributed by atoms with E-state index in [0.29, 0.717) is 22.6 Å². The van der Waals surface area contributed by atoms with Crippen LogP contribution in [0.1, 0.15) is 11.3 Å². The number of nitrogens with zero attached hydrogens (tertiary/aromatic N) is 4. The minimum absolute atomic E-state index is 0.113. The summed E-state index contributed by atoms with van der Waals surface area (Å²) in [6, 6.07) is 3.82. The fraction of sp³-hybridized carbons (Fsp3) is 0.167. The third-order valence-corrected chi connectivity index (χ3v) is 4.22. The molecule has 7 nitrogen and oxygen atoms in total. The van der Waals surface area contributed by atoms with E-state index in [1.165, 1.54) is 35.3 Å². The van der Waals surface area contributed by atoms with Gasteiger partial charge in [-0.2, -0.15) is 0 Å². The van der Waals surface area contributed by atoms with E-state index in [4.69, 9.17) is 11.6 Å². The van der Waals surface area contributed by atoms with E-state index >= 15 is 0 Å². The van der Waals surface area contributed by atoms with Crippen molar-refractivity contribution >= 4 is 23.2 Å². The molecule has 0 saturated heterocycles. The van der Waals surface area contributed by atoms with E-state index in [1.54, 1.807) is 13.8 Å². The van der Waals surface area contributed by atoms with Gasteiger partial charge < -0.3 is 5.32 Å². The largest absolute Gasteiger partial charge is 0.324 e. The molecule has 27 heavy (non-hydrogen) atoms. The van der Waals surface area contributed by atoms with Crippen molar-refractivity contribution in [2.45, 2.75) is 20.4 Å². The Morgan fingerprint density at radius 2 is 2.07 bits per heavy atom. The smallest absolute Gasteiger partial charge is 0.257 e. The predicted molar refractivity (Wildman–Crippen MR) is 99.0 cm³/mol. The minimum Gasteiger partial charge on any atom is -0.324 e. The first-order chi connectivity index (χ1) is 12.9. The van der Waals surface area contributed by atoms with Crippen LogP contribution in [0.3, 0.4) is 0 Å². The molecule has 0 fully saturated rings. The summed E-state index contributed by atoms with van der Waals surface area (Å²) in [5.74, 6) is -0.840. The van der Waals surface area contributed by atoms with Gasteiger partial charge >= 0.3 is 0 Å².